The van der Waals surface area contributed by atoms with Gasteiger partial charge in [0.15, 0.2) is 0 Å². The van der Waals surface area contributed by atoms with Crippen LogP contribution in [-0.2, 0) is 11.3 Å². The van der Waals surface area contributed by atoms with Gasteiger partial charge in [0.05, 0.1) is 11.3 Å². The standard InChI is InChI=1S/C21H23N3O3/c1-22-20(26)16-11-9-15(10-12-16)14-23(2)21(27)17-6-3-4-7-18(17)24-13-5-8-19(24)25/h3-4,6-7,9-12H,5,8,13-14H2,1-2H3,(H,22,26). The lowest BCUT2D eigenvalue weighted by Gasteiger charge is -2.23. The van der Waals surface area contributed by atoms with E-state index in [1.165, 1.54) is 0 Å². The van der Waals surface area contributed by atoms with Crippen molar-refractivity contribution in [3.63, 3.8) is 0 Å². The van der Waals surface area contributed by atoms with Gasteiger partial charge in [0.2, 0.25) is 5.91 Å². The lowest BCUT2D eigenvalue weighted by atomic mass is 10.1. The van der Waals surface area contributed by atoms with Crippen molar-refractivity contribution >= 4 is 23.4 Å². The second-order valence-electron chi connectivity index (χ2n) is 6.60. The Morgan fingerprint density at radius 2 is 1.81 bits per heavy atom. The zero-order chi connectivity index (χ0) is 19.4. The van der Waals surface area contributed by atoms with Crippen molar-refractivity contribution < 1.29 is 14.4 Å². The molecule has 3 rings (SSSR count). The maximum Gasteiger partial charge on any atom is 0.256 e. The third-order valence-electron chi connectivity index (χ3n) is 4.71. The molecule has 6 nitrogen and oxygen atoms in total. The highest BCUT2D eigenvalue weighted by Gasteiger charge is 2.26. The second kappa shape index (κ2) is 8.03. The van der Waals surface area contributed by atoms with Crippen LogP contribution in [0.1, 0.15) is 39.1 Å². The Hall–Kier alpha value is -3.15. The van der Waals surface area contributed by atoms with Crippen LogP contribution in [0, 0.1) is 0 Å². The number of nitrogens with zero attached hydrogens (tertiary/aromatic N) is 2. The quantitative estimate of drug-likeness (QED) is 0.885. The van der Waals surface area contributed by atoms with Gasteiger partial charge in [0.25, 0.3) is 11.8 Å². The first-order valence-electron chi connectivity index (χ1n) is 8.97. The number of amides is 3. The first kappa shape index (κ1) is 18.6. The molecule has 1 aliphatic rings. The number of benzene rings is 2. The molecule has 1 heterocycles. The molecule has 0 aromatic heterocycles. The highest BCUT2D eigenvalue weighted by atomic mass is 16.2. The van der Waals surface area contributed by atoms with Crippen LogP contribution in [0.3, 0.4) is 0 Å². The Morgan fingerprint density at radius 1 is 1.11 bits per heavy atom. The van der Waals surface area contributed by atoms with E-state index in [2.05, 4.69) is 5.32 Å². The number of para-hydroxylation sites is 1. The number of carbonyl (C=O) groups excluding carboxylic acids is 3. The number of rotatable bonds is 5. The van der Waals surface area contributed by atoms with Crippen molar-refractivity contribution in [2.45, 2.75) is 19.4 Å². The van der Waals surface area contributed by atoms with Crippen molar-refractivity contribution in [1.82, 2.24) is 10.2 Å². The number of carbonyl (C=O) groups is 3. The zero-order valence-corrected chi connectivity index (χ0v) is 15.6. The van der Waals surface area contributed by atoms with E-state index in [-0.39, 0.29) is 17.7 Å². The normalized spacial score (nSPS) is 13.6. The summed E-state index contributed by atoms with van der Waals surface area (Å²) in [5, 5.41) is 2.58. The number of nitrogens with one attached hydrogen (secondary N) is 1. The summed E-state index contributed by atoms with van der Waals surface area (Å²) >= 11 is 0. The first-order chi connectivity index (χ1) is 13.0. The first-order valence-corrected chi connectivity index (χ1v) is 8.97. The molecule has 0 spiro atoms. The smallest absolute Gasteiger partial charge is 0.256 e. The minimum absolute atomic E-state index is 0.0580. The predicted octanol–water partition coefficient (Wildman–Crippen LogP) is 2.45. The van der Waals surface area contributed by atoms with Crippen LogP contribution in [0.2, 0.25) is 0 Å². The molecule has 0 unspecified atom stereocenters. The highest BCUT2D eigenvalue weighted by Crippen LogP contribution is 2.26. The van der Waals surface area contributed by atoms with Crippen LogP contribution < -0.4 is 10.2 Å². The lowest BCUT2D eigenvalue weighted by molar-refractivity contribution is -0.117. The fourth-order valence-electron chi connectivity index (χ4n) is 3.25. The van der Waals surface area contributed by atoms with Crippen LogP contribution in [0.5, 0.6) is 0 Å². The molecule has 2 aromatic rings. The third kappa shape index (κ3) is 4.00. The molecule has 2 aromatic carbocycles. The van der Waals surface area contributed by atoms with Crippen molar-refractivity contribution in [2.75, 3.05) is 25.5 Å². The van der Waals surface area contributed by atoms with E-state index >= 15 is 0 Å². The van der Waals surface area contributed by atoms with Crippen LogP contribution in [0.4, 0.5) is 5.69 Å². The fourth-order valence-corrected chi connectivity index (χ4v) is 3.25. The molecule has 3 amide bonds. The van der Waals surface area contributed by atoms with Gasteiger partial charge in [-0.3, -0.25) is 14.4 Å². The topological polar surface area (TPSA) is 69.7 Å². The van der Waals surface area contributed by atoms with E-state index in [1.54, 1.807) is 42.1 Å². The van der Waals surface area contributed by atoms with Gasteiger partial charge in [-0.05, 0) is 36.2 Å². The highest BCUT2D eigenvalue weighted by molar-refractivity contribution is 6.05. The van der Waals surface area contributed by atoms with Gasteiger partial charge < -0.3 is 15.1 Å². The molecule has 0 aliphatic carbocycles. The molecule has 0 radical (unpaired) electrons. The third-order valence-corrected chi connectivity index (χ3v) is 4.71. The molecule has 1 aliphatic heterocycles. The Morgan fingerprint density at radius 3 is 2.44 bits per heavy atom. The Balaban J connectivity index is 1.76. The van der Waals surface area contributed by atoms with E-state index < -0.39 is 0 Å². The van der Waals surface area contributed by atoms with Gasteiger partial charge in [-0.25, -0.2) is 0 Å². The molecule has 6 heteroatoms. The molecular formula is C21H23N3O3. The molecule has 0 saturated carbocycles. The molecular weight excluding hydrogens is 342 g/mol. The van der Waals surface area contributed by atoms with Gasteiger partial charge in [-0.1, -0.05) is 24.3 Å². The molecule has 0 bridgehead atoms. The minimum Gasteiger partial charge on any atom is -0.355 e. The average Bonchev–Trinajstić information content (AvgIpc) is 3.13. The summed E-state index contributed by atoms with van der Waals surface area (Å²) in [6, 6.07) is 14.4. The van der Waals surface area contributed by atoms with Gasteiger partial charge in [-0.2, -0.15) is 0 Å². The van der Waals surface area contributed by atoms with Crippen molar-refractivity contribution in [3.8, 4) is 0 Å². The molecule has 1 fully saturated rings. The van der Waals surface area contributed by atoms with Gasteiger partial charge in [0, 0.05) is 39.2 Å². The number of anilines is 1. The molecule has 1 N–H and O–H groups in total. The summed E-state index contributed by atoms with van der Waals surface area (Å²) in [6.45, 7) is 1.06. The monoisotopic (exact) mass is 365 g/mol. The Bertz CT molecular complexity index is 861. The van der Waals surface area contributed by atoms with Crippen LogP contribution in [0.25, 0.3) is 0 Å². The fraction of sp³-hybridized carbons (Fsp3) is 0.286. The maximum absolute atomic E-state index is 13.0. The number of hydrogen-bond acceptors (Lipinski definition) is 3. The van der Waals surface area contributed by atoms with E-state index in [0.717, 1.165) is 12.0 Å². The zero-order valence-electron chi connectivity index (χ0n) is 15.6. The van der Waals surface area contributed by atoms with Crippen LogP contribution in [-0.4, -0.2) is 43.3 Å². The molecule has 0 atom stereocenters. The van der Waals surface area contributed by atoms with E-state index in [1.807, 2.05) is 30.3 Å². The lowest BCUT2D eigenvalue weighted by Crippen LogP contribution is -2.30. The summed E-state index contributed by atoms with van der Waals surface area (Å²) in [5.41, 5.74) is 2.70. The molecule has 140 valence electrons. The van der Waals surface area contributed by atoms with Gasteiger partial charge in [0.1, 0.15) is 0 Å². The summed E-state index contributed by atoms with van der Waals surface area (Å²) in [4.78, 5) is 40.0. The average molecular weight is 365 g/mol. The van der Waals surface area contributed by atoms with E-state index in [9.17, 15) is 14.4 Å². The summed E-state index contributed by atoms with van der Waals surface area (Å²) in [5.74, 6) is -0.224. The predicted molar refractivity (Wildman–Crippen MR) is 104 cm³/mol. The van der Waals surface area contributed by atoms with E-state index in [0.29, 0.717) is 36.3 Å². The van der Waals surface area contributed by atoms with Gasteiger partial charge >= 0.3 is 0 Å². The summed E-state index contributed by atoms with van der Waals surface area (Å²) in [6.07, 6.45) is 1.34. The van der Waals surface area contributed by atoms with Crippen molar-refractivity contribution in [2.24, 2.45) is 0 Å². The van der Waals surface area contributed by atoms with Crippen molar-refractivity contribution in [1.29, 1.82) is 0 Å². The minimum atomic E-state index is -0.143. The maximum atomic E-state index is 13.0. The van der Waals surface area contributed by atoms with Crippen molar-refractivity contribution in [3.05, 3.63) is 65.2 Å². The summed E-state index contributed by atoms with van der Waals surface area (Å²) in [7, 11) is 3.32. The Kier molecular flexibility index (Phi) is 5.54. The Labute approximate surface area is 158 Å². The van der Waals surface area contributed by atoms with Crippen LogP contribution in [0.15, 0.2) is 48.5 Å². The van der Waals surface area contributed by atoms with Crippen LogP contribution >= 0.6 is 0 Å². The van der Waals surface area contributed by atoms with Gasteiger partial charge in [-0.15, -0.1) is 0 Å². The summed E-state index contributed by atoms with van der Waals surface area (Å²) < 4.78 is 0. The molecule has 27 heavy (non-hydrogen) atoms. The van der Waals surface area contributed by atoms with E-state index in [4.69, 9.17) is 0 Å². The molecule has 1 saturated heterocycles. The largest absolute Gasteiger partial charge is 0.355 e. The SMILES string of the molecule is CNC(=O)c1ccc(CN(C)C(=O)c2ccccc2N2CCCC2=O)cc1. The number of hydrogen-bond donors (Lipinski definition) is 1. The second-order valence-corrected chi connectivity index (χ2v) is 6.60.